The minimum atomic E-state index is -0.225. The van der Waals surface area contributed by atoms with Crippen molar-refractivity contribution < 1.29 is 19.4 Å². The number of aliphatic hydroxyl groups is 1. The van der Waals surface area contributed by atoms with Crippen LogP contribution in [0, 0.1) is 5.41 Å². The molecule has 1 fully saturated rings. The molecule has 1 atom stereocenters. The van der Waals surface area contributed by atoms with E-state index in [0.717, 1.165) is 19.4 Å². The summed E-state index contributed by atoms with van der Waals surface area (Å²) in [5.74, 6) is -0.158. The summed E-state index contributed by atoms with van der Waals surface area (Å²) in [6, 6.07) is 6.81. The van der Waals surface area contributed by atoms with Gasteiger partial charge in [0.1, 0.15) is 5.76 Å². The molecule has 1 aliphatic heterocycles. The standard InChI is InChI=1S/C21H26N2O4/c1-21(2)10-18(24)17(19(25)11-21)13-22-15-7-5-14(6-8-15)20(26)23-12-16-4-3-9-27-16/h5-8,13,16,24H,3-4,9-12H2,1-2H3,(H,23,26). The molecule has 27 heavy (non-hydrogen) atoms. The van der Waals surface area contributed by atoms with Crippen molar-refractivity contribution in [3.8, 4) is 0 Å². The van der Waals surface area contributed by atoms with Gasteiger partial charge in [0.15, 0.2) is 5.78 Å². The second-order valence-corrected chi connectivity index (χ2v) is 7.95. The first-order valence-electron chi connectivity index (χ1n) is 9.33. The summed E-state index contributed by atoms with van der Waals surface area (Å²) in [6.07, 6.45) is 4.40. The quantitative estimate of drug-likeness (QED) is 0.777. The number of aliphatic imine (C=N–C) groups is 1. The topological polar surface area (TPSA) is 88.0 Å². The number of benzene rings is 1. The van der Waals surface area contributed by atoms with Crippen molar-refractivity contribution >= 4 is 23.6 Å². The van der Waals surface area contributed by atoms with Crippen LogP contribution in [0.25, 0.3) is 0 Å². The maximum Gasteiger partial charge on any atom is 0.251 e. The van der Waals surface area contributed by atoms with Gasteiger partial charge in [0.05, 0.1) is 17.4 Å². The monoisotopic (exact) mass is 370 g/mol. The number of Topliss-reactive ketones (excluding diaryl/α,β-unsaturated/α-hetero) is 1. The van der Waals surface area contributed by atoms with E-state index in [1.165, 1.54) is 6.21 Å². The first kappa shape index (κ1) is 19.3. The van der Waals surface area contributed by atoms with Gasteiger partial charge in [0.25, 0.3) is 5.91 Å². The van der Waals surface area contributed by atoms with E-state index in [1.807, 2.05) is 13.8 Å². The second-order valence-electron chi connectivity index (χ2n) is 7.95. The van der Waals surface area contributed by atoms with E-state index in [2.05, 4.69) is 10.3 Å². The van der Waals surface area contributed by atoms with Crippen LogP contribution in [0.4, 0.5) is 5.69 Å². The smallest absolute Gasteiger partial charge is 0.251 e. The first-order chi connectivity index (χ1) is 12.8. The van der Waals surface area contributed by atoms with Gasteiger partial charge in [-0.1, -0.05) is 13.8 Å². The fraction of sp³-hybridized carbons (Fsp3) is 0.476. The van der Waals surface area contributed by atoms with Crippen LogP contribution < -0.4 is 5.32 Å². The van der Waals surface area contributed by atoms with Crippen molar-refractivity contribution in [1.82, 2.24) is 5.32 Å². The lowest BCUT2D eigenvalue weighted by molar-refractivity contribution is -0.117. The maximum absolute atomic E-state index is 12.2. The molecule has 1 saturated heterocycles. The number of amides is 1. The zero-order chi connectivity index (χ0) is 19.4. The number of ether oxygens (including phenoxy) is 1. The highest BCUT2D eigenvalue weighted by Gasteiger charge is 2.32. The van der Waals surface area contributed by atoms with Crippen LogP contribution in [0.15, 0.2) is 40.6 Å². The van der Waals surface area contributed by atoms with Gasteiger partial charge in [0.2, 0.25) is 0 Å². The molecule has 6 heteroatoms. The van der Waals surface area contributed by atoms with Gasteiger partial charge >= 0.3 is 0 Å². The Morgan fingerprint density at radius 2 is 2.07 bits per heavy atom. The SMILES string of the molecule is CC1(C)CC(=O)C(C=Nc2ccc(C(=O)NCC3CCCO3)cc2)=C(O)C1. The molecule has 1 heterocycles. The Labute approximate surface area is 159 Å². The third-order valence-corrected chi connectivity index (χ3v) is 4.88. The number of hydrogen-bond acceptors (Lipinski definition) is 5. The second kappa shape index (κ2) is 8.05. The van der Waals surface area contributed by atoms with E-state index in [1.54, 1.807) is 24.3 Å². The van der Waals surface area contributed by atoms with Crippen LogP contribution >= 0.6 is 0 Å². The molecule has 0 bridgehead atoms. The normalized spacial score (nSPS) is 22.4. The average molecular weight is 370 g/mol. The molecule has 3 rings (SSSR count). The number of carbonyl (C=O) groups excluding carboxylic acids is 2. The minimum absolute atomic E-state index is 0.0881. The highest BCUT2D eigenvalue weighted by atomic mass is 16.5. The number of nitrogens with zero attached hydrogens (tertiary/aromatic N) is 1. The van der Waals surface area contributed by atoms with Gasteiger partial charge in [-0.3, -0.25) is 14.6 Å². The van der Waals surface area contributed by atoms with Crippen molar-refractivity contribution in [2.75, 3.05) is 13.2 Å². The molecular weight excluding hydrogens is 344 g/mol. The zero-order valence-electron chi connectivity index (χ0n) is 15.8. The number of aliphatic hydroxyl groups excluding tert-OH is 1. The number of carbonyl (C=O) groups is 2. The molecule has 6 nitrogen and oxygen atoms in total. The van der Waals surface area contributed by atoms with Crippen molar-refractivity contribution in [2.45, 2.75) is 45.6 Å². The van der Waals surface area contributed by atoms with Gasteiger partial charge < -0.3 is 15.2 Å². The van der Waals surface area contributed by atoms with Crippen LogP contribution in [0.5, 0.6) is 0 Å². The van der Waals surface area contributed by atoms with Crippen LogP contribution in [-0.2, 0) is 9.53 Å². The fourth-order valence-electron chi connectivity index (χ4n) is 3.40. The third-order valence-electron chi connectivity index (χ3n) is 4.88. The predicted molar refractivity (Wildman–Crippen MR) is 104 cm³/mol. The summed E-state index contributed by atoms with van der Waals surface area (Å²) in [4.78, 5) is 28.6. The molecule has 144 valence electrons. The van der Waals surface area contributed by atoms with Gasteiger partial charge in [-0.2, -0.15) is 0 Å². The molecule has 1 unspecified atom stereocenters. The van der Waals surface area contributed by atoms with Crippen molar-refractivity contribution in [3.05, 3.63) is 41.2 Å². The van der Waals surface area contributed by atoms with Crippen LogP contribution in [-0.4, -0.2) is 42.3 Å². The van der Waals surface area contributed by atoms with Crippen molar-refractivity contribution in [2.24, 2.45) is 10.4 Å². The lowest BCUT2D eigenvalue weighted by Gasteiger charge is -2.28. The summed E-state index contributed by atoms with van der Waals surface area (Å²) in [5, 5.41) is 13.0. The summed E-state index contributed by atoms with van der Waals surface area (Å²) in [6.45, 7) is 5.19. The van der Waals surface area contributed by atoms with Crippen LogP contribution in [0.3, 0.4) is 0 Å². The van der Waals surface area contributed by atoms with E-state index < -0.39 is 0 Å². The summed E-state index contributed by atoms with van der Waals surface area (Å²) >= 11 is 0. The van der Waals surface area contributed by atoms with Gasteiger partial charge in [-0.25, -0.2) is 0 Å². The van der Waals surface area contributed by atoms with E-state index in [0.29, 0.717) is 30.6 Å². The third kappa shape index (κ3) is 5.04. The number of nitrogens with one attached hydrogen (secondary N) is 1. The molecule has 0 spiro atoms. The highest BCUT2D eigenvalue weighted by Crippen LogP contribution is 2.35. The molecule has 1 aromatic carbocycles. The molecule has 0 aromatic heterocycles. The van der Waals surface area contributed by atoms with Crippen LogP contribution in [0.2, 0.25) is 0 Å². The lowest BCUT2D eigenvalue weighted by atomic mass is 9.77. The number of allylic oxidation sites excluding steroid dienone is 2. The summed E-state index contributed by atoms with van der Waals surface area (Å²) in [7, 11) is 0. The Morgan fingerprint density at radius 1 is 1.33 bits per heavy atom. The lowest BCUT2D eigenvalue weighted by Crippen LogP contribution is -2.31. The van der Waals surface area contributed by atoms with Crippen molar-refractivity contribution in [3.63, 3.8) is 0 Å². The van der Waals surface area contributed by atoms with E-state index in [4.69, 9.17) is 4.74 Å². The average Bonchev–Trinajstić information content (AvgIpc) is 3.12. The Hall–Kier alpha value is -2.47. The molecule has 2 N–H and O–H groups in total. The molecule has 1 aliphatic carbocycles. The van der Waals surface area contributed by atoms with E-state index >= 15 is 0 Å². The van der Waals surface area contributed by atoms with E-state index in [9.17, 15) is 14.7 Å². The fourth-order valence-corrected chi connectivity index (χ4v) is 3.40. The molecule has 1 amide bonds. The number of ketones is 1. The molecule has 0 radical (unpaired) electrons. The van der Waals surface area contributed by atoms with E-state index in [-0.39, 0.29) is 34.5 Å². The Balaban J connectivity index is 1.61. The molecule has 1 aromatic rings. The minimum Gasteiger partial charge on any atom is -0.511 e. The maximum atomic E-state index is 12.2. The van der Waals surface area contributed by atoms with Crippen molar-refractivity contribution in [1.29, 1.82) is 0 Å². The van der Waals surface area contributed by atoms with Crippen LogP contribution in [0.1, 0.15) is 49.9 Å². The van der Waals surface area contributed by atoms with Gasteiger partial charge in [0, 0.05) is 37.8 Å². The molecule has 0 saturated carbocycles. The number of rotatable bonds is 5. The largest absolute Gasteiger partial charge is 0.511 e. The first-order valence-corrected chi connectivity index (χ1v) is 9.33. The number of hydrogen-bond donors (Lipinski definition) is 2. The Kier molecular flexibility index (Phi) is 5.75. The zero-order valence-corrected chi connectivity index (χ0v) is 15.8. The Morgan fingerprint density at radius 3 is 2.70 bits per heavy atom. The van der Waals surface area contributed by atoms with Gasteiger partial charge in [-0.15, -0.1) is 0 Å². The summed E-state index contributed by atoms with van der Waals surface area (Å²) < 4.78 is 5.49. The highest BCUT2D eigenvalue weighted by molar-refractivity contribution is 6.14. The molecule has 2 aliphatic rings. The van der Waals surface area contributed by atoms with Gasteiger partial charge in [-0.05, 0) is 42.5 Å². The Bertz CT molecular complexity index is 772. The molecular formula is C21H26N2O4. The predicted octanol–water partition coefficient (Wildman–Crippen LogP) is 3.50. The summed E-state index contributed by atoms with van der Waals surface area (Å²) in [5.41, 5.74) is 1.21.